The maximum atomic E-state index is 13.3. The number of nitrogens with two attached hydrogens (primary N) is 1. The highest BCUT2D eigenvalue weighted by atomic mass is 32.2. The first-order valence-electron chi connectivity index (χ1n) is 9.60. The zero-order valence-corrected chi connectivity index (χ0v) is 18.4. The van der Waals surface area contributed by atoms with E-state index in [4.69, 9.17) is 10.6 Å². The summed E-state index contributed by atoms with van der Waals surface area (Å²) in [5.41, 5.74) is -0.522. The second-order valence-corrected chi connectivity index (χ2v) is 8.33. The molecule has 0 bridgehead atoms. The Kier molecular flexibility index (Phi) is 6.97. The third kappa shape index (κ3) is 5.16. The van der Waals surface area contributed by atoms with Crippen LogP contribution in [0.4, 0.5) is 18.9 Å². The van der Waals surface area contributed by atoms with Crippen LogP contribution in [0.1, 0.15) is 19.4 Å². The van der Waals surface area contributed by atoms with Crippen LogP contribution < -0.4 is 15.9 Å². The molecule has 1 aromatic heterocycles. The molecule has 0 aliphatic rings. The number of nitrogens with one attached hydrogen (secondary N) is 1. The number of rotatable bonds is 7. The summed E-state index contributed by atoms with van der Waals surface area (Å²) in [6, 6.07) is 11.9. The summed E-state index contributed by atoms with van der Waals surface area (Å²) >= 11 is 1.03. The van der Waals surface area contributed by atoms with Gasteiger partial charge in [0.15, 0.2) is 5.82 Å². The quantitative estimate of drug-likeness (QED) is 0.396. The molecule has 0 fully saturated rings. The standard InChI is InChI=1S/C21H22F3N5O2S/c1-12(2)17(19(30)26-16-7-5-4-6-15(16)21(22,23)24)32-20-28-27-18(29(20)25)13-8-10-14(31-3)11-9-13/h4-12,17H,25H2,1-3H3,(H,26,30). The van der Waals surface area contributed by atoms with Crippen molar-refractivity contribution in [3.8, 4) is 17.1 Å². The fourth-order valence-corrected chi connectivity index (χ4v) is 3.90. The van der Waals surface area contributed by atoms with Crippen molar-refractivity contribution >= 4 is 23.4 Å². The predicted octanol–water partition coefficient (Wildman–Crippen LogP) is 4.44. The molecule has 170 valence electrons. The monoisotopic (exact) mass is 465 g/mol. The summed E-state index contributed by atoms with van der Waals surface area (Å²) in [7, 11) is 1.55. The number of methoxy groups -OCH3 is 1. The van der Waals surface area contributed by atoms with Gasteiger partial charge in [0.1, 0.15) is 5.75 Å². The number of thioether (sulfide) groups is 1. The number of benzene rings is 2. The van der Waals surface area contributed by atoms with E-state index in [1.165, 1.54) is 22.9 Å². The number of alkyl halides is 3. The fourth-order valence-electron chi connectivity index (χ4n) is 2.94. The first kappa shape index (κ1) is 23.5. The van der Waals surface area contributed by atoms with E-state index in [9.17, 15) is 18.0 Å². The average Bonchev–Trinajstić information content (AvgIpc) is 3.11. The smallest absolute Gasteiger partial charge is 0.418 e. The molecule has 3 aromatic rings. The van der Waals surface area contributed by atoms with E-state index in [2.05, 4.69) is 15.5 Å². The van der Waals surface area contributed by atoms with Crippen molar-refractivity contribution in [2.24, 2.45) is 5.92 Å². The molecule has 1 amide bonds. The lowest BCUT2D eigenvalue weighted by Crippen LogP contribution is -2.31. The molecule has 1 atom stereocenters. The van der Waals surface area contributed by atoms with Gasteiger partial charge in [-0.2, -0.15) is 13.2 Å². The zero-order chi connectivity index (χ0) is 23.5. The van der Waals surface area contributed by atoms with Crippen molar-refractivity contribution in [3.63, 3.8) is 0 Å². The second-order valence-electron chi connectivity index (χ2n) is 7.22. The van der Waals surface area contributed by atoms with Crippen molar-refractivity contribution in [3.05, 3.63) is 54.1 Å². The molecule has 0 radical (unpaired) electrons. The number of hydrogen-bond donors (Lipinski definition) is 2. The number of nitrogen functional groups attached to an aromatic ring is 1. The van der Waals surface area contributed by atoms with Gasteiger partial charge in [0, 0.05) is 5.56 Å². The Bertz CT molecular complexity index is 1080. The van der Waals surface area contributed by atoms with Crippen LogP contribution in [0.25, 0.3) is 11.4 Å². The third-order valence-electron chi connectivity index (χ3n) is 4.60. The van der Waals surface area contributed by atoms with Gasteiger partial charge in [0.25, 0.3) is 0 Å². The summed E-state index contributed by atoms with van der Waals surface area (Å²) in [4.78, 5) is 12.9. The normalized spacial score (nSPS) is 12.6. The summed E-state index contributed by atoms with van der Waals surface area (Å²) in [5, 5.41) is 10.0. The minimum absolute atomic E-state index is 0.223. The minimum Gasteiger partial charge on any atom is -0.497 e. The molecule has 0 saturated heterocycles. The van der Waals surface area contributed by atoms with Gasteiger partial charge >= 0.3 is 6.18 Å². The van der Waals surface area contributed by atoms with Gasteiger partial charge < -0.3 is 15.9 Å². The topological polar surface area (TPSA) is 95.1 Å². The molecule has 0 aliphatic carbocycles. The number of para-hydroxylation sites is 1. The van der Waals surface area contributed by atoms with Crippen molar-refractivity contribution in [1.29, 1.82) is 0 Å². The summed E-state index contributed by atoms with van der Waals surface area (Å²) in [6.45, 7) is 3.57. The number of ether oxygens (including phenoxy) is 1. The molecule has 0 spiro atoms. The number of carbonyl (C=O) groups excluding carboxylic acids is 1. The van der Waals surface area contributed by atoms with Crippen molar-refractivity contribution in [2.75, 3.05) is 18.3 Å². The molecular weight excluding hydrogens is 443 g/mol. The Morgan fingerprint density at radius 2 is 1.78 bits per heavy atom. The number of carbonyl (C=O) groups is 1. The largest absolute Gasteiger partial charge is 0.497 e. The highest BCUT2D eigenvalue weighted by Gasteiger charge is 2.35. The lowest BCUT2D eigenvalue weighted by Gasteiger charge is -2.20. The Hall–Kier alpha value is -3.21. The maximum absolute atomic E-state index is 13.3. The van der Waals surface area contributed by atoms with E-state index in [-0.39, 0.29) is 16.8 Å². The van der Waals surface area contributed by atoms with E-state index in [1.54, 1.807) is 45.2 Å². The molecule has 11 heteroatoms. The minimum atomic E-state index is -4.59. The highest BCUT2D eigenvalue weighted by Crippen LogP contribution is 2.36. The first-order valence-corrected chi connectivity index (χ1v) is 10.5. The van der Waals surface area contributed by atoms with Gasteiger partial charge in [-0.3, -0.25) is 4.79 Å². The lowest BCUT2D eigenvalue weighted by atomic mass is 10.1. The number of amides is 1. The van der Waals surface area contributed by atoms with Gasteiger partial charge in [0.2, 0.25) is 11.1 Å². The van der Waals surface area contributed by atoms with Gasteiger partial charge in [-0.15, -0.1) is 10.2 Å². The van der Waals surface area contributed by atoms with Crippen molar-refractivity contribution < 1.29 is 22.7 Å². The Morgan fingerprint density at radius 1 is 1.12 bits per heavy atom. The Morgan fingerprint density at radius 3 is 2.38 bits per heavy atom. The number of halogens is 3. The SMILES string of the molecule is COc1ccc(-c2nnc(SC(C(=O)Nc3ccccc3C(F)(F)F)C(C)C)n2N)cc1. The van der Waals surface area contributed by atoms with E-state index in [0.717, 1.165) is 17.8 Å². The number of nitrogens with zero attached hydrogens (tertiary/aromatic N) is 3. The van der Waals surface area contributed by atoms with Crippen molar-refractivity contribution in [1.82, 2.24) is 14.9 Å². The molecule has 0 saturated carbocycles. The molecule has 32 heavy (non-hydrogen) atoms. The molecule has 3 N–H and O–H groups in total. The zero-order valence-electron chi connectivity index (χ0n) is 17.6. The van der Waals surface area contributed by atoms with E-state index < -0.39 is 22.9 Å². The molecule has 2 aromatic carbocycles. The molecule has 7 nitrogen and oxygen atoms in total. The van der Waals surface area contributed by atoms with Gasteiger partial charge in [-0.05, 0) is 42.3 Å². The highest BCUT2D eigenvalue weighted by molar-refractivity contribution is 8.00. The number of anilines is 1. The lowest BCUT2D eigenvalue weighted by molar-refractivity contribution is -0.137. The summed E-state index contributed by atoms with van der Waals surface area (Å²) < 4.78 is 46.2. The van der Waals surface area contributed by atoms with Gasteiger partial charge in [-0.1, -0.05) is 37.7 Å². The Balaban J connectivity index is 1.82. The summed E-state index contributed by atoms with van der Waals surface area (Å²) in [5.74, 6) is 6.38. The van der Waals surface area contributed by atoms with Crippen LogP contribution >= 0.6 is 11.8 Å². The summed E-state index contributed by atoms with van der Waals surface area (Å²) in [6.07, 6.45) is -4.59. The number of hydrogen-bond acceptors (Lipinski definition) is 6. The predicted molar refractivity (Wildman–Crippen MR) is 117 cm³/mol. The number of aromatic nitrogens is 3. The van der Waals surface area contributed by atoms with Gasteiger partial charge in [0.05, 0.1) is 23.6 Å². The van der Waals surface area contributed by atoms with Crippen LogP contribution in [0.3, 0.4) is 0 Å². The van der Waals surface area contributed by atoms with E-state index >= 15 is 0 Å². The molecule has 3 rings (SSSR count). The van der Waals surface area contributed by atoms with Crippen LogP contribution in [0.5, 0.6) is 5.75 Å². The average molecular weight is 466 g/mol. The third-order valence-corrected chi connectivity index (χ3v) is 6.10. The van der Waals surface area contributed by atoms with Gasteiger partial charge in [-0.25, -0.2) is 4.68 Å². The Labute approximate surface area is 187 Å². The maximum Gasteiger partial charge on any atom is 0.418 e. The molecule has 1 unspecified atom stereocenters. The van der Waals surface area contributed by atoms with Crippen LogP contribution in [0.2, 0.25) is 0 Å². The van der Waals surface area contributed by atoms with Crippen LogP contribution in [-0.4, -0.2) is 33.1 Å². The molecular formula is C21H22F3N5O2S. The first-order chi connectivity index (χ1) is 15.1. The van der Waals surface area contributed by atoms with Crippen LogP contribution in [0.15, 0.2) is 53.7 Å². The van der Waals surface area contributed by atoms with E-state index in [1.807, 2.05) is 0 Å². The van der Waals surface area contributed by atoms with Crippen molar-refractivity contribution in [2.45, 2.75) is 30.4 Å². The molecule has 0 aliphatic heterocycles. The second kappa shape index (κ2) is 9.51. The van der Waals surface area contributed by atoms with E-state index in [0.29, 0.717) is 17.1 Å². The molecule has 1 heterocycles. The van der Waals surface area contributed by atoms with Crippen LogP contribution in [-0.2, 0) is 11.0 Å². The van der Waals surface area contributed by atoms with Crippen LogP contribution in [0, 0.1) is 5.92 Å². The fraction of sp³-hybridized carbons (Fsp3) is 0.286.